The van der Waals surface area contributed by atoms with Crippen LogP contribution in [0.3, 0.4) is 0 Å². The van der Waals surface area contributed by atoms with E-state index in [2.05, 4.69) is 19.9 Å². The SMILES string of the molecule is FC(F)(F)c1ncc2c(n1)CCN(Cc1ccc(-c3ccccc3)nc1)C2. The van der Waals surface area contributed by atoms with Gasteiger partial charge < -0.3 is 0 Å². The Morgan fingerprint density at radius 1 is 0.963 bits per heavy atom. The van der Waals surface area contributed by atoms with E-state index in [1.807, 2.05) is 48.7 Å². The van der Waals surface area contributed by atoms with E-state index in [-0.39, 0.29) is 0 Å². The molecule has 0 amide bonds. The molecule has 0 unspecified atom stereocenters. The molecule has 0 atom stereocenters. The van der Waals surface area contributed by atoms with Crippen LogP contribution in [-0.4, -0.2) is 26.4 Å². The predicted octanol–water partition coefficient (Wildman–Crippen LogP) is 4.12. The number of hydrogen-bond acceptors (Lipinski definition) is 4. The molecule has 0 aliphatic carbocycles. The summed E-state index contributed by atoms with van der Waals surface area (Å²) in [7, 11) is 0. The molecule has 0 radical (unpaired) electrons. The molecule has 27 heavy (non-hydrogen) atoms. The van der Waals surface area contributed by atoms with Crippen molar-refractivity contribution < 1.29 is 13.2 Å². The van der Waals surface area contributed by atoms with Gasteiger partial charge in [-0.2, -0.15) is 13.2 Å². The van der Waals surface area contributed by atoms with Crippen LogP contribution < -0.4 is 0 Å². The number of halogens is 3. The van der Waals surface area contributed by atoms with Crippen LogP contribution in [0.25, 0.3) is 11.3 Å². The van der Waals surface area contributed by atoms with Crippen molar-refractivity contribution in [2.75, 3.05) is 6.54 Å². The Kier molecular flexibility index (Phi) is 4.61. The van der Waals surface area contributed by atoms with Gasteiger partial charge in [0, 0.05) is 49.6 Å². The maximum absolute atomic E-state index is 12.7. The first-order valence-electron chi connectivity index (χ1n) is 8.64. The first-order valence-corrected chi connectivity index (χ1v) is 8.64. The molecule has 0 saturated heterocycles. The van der Waals surface area contributed by atoms with Gasteiger partial charge in [0.25, 0.3) is 0 Å². The molecule has 4 rings (SSSR count). The van der Waals surface area contributed by atoms with Crippen molar-refractivity contribution in [2.24, 2.45) is 0 Å². The molecule has 0 N–H and O–H groups in total. The van der Waals surface area contributed by atoms with Crippen LogP contribution in [0.2, 0.25) is 0 Å². The van der Waals surface area contributed by atoms with Crippen molar-refractivity contribution in [3.8, 4) is 11.3 Å². The van der Waals surface area contributed by atoms with Crippen molar-refractivity contribution in [1.29, 1.82) is 0 Å². The Hall–Kier alpha value is -2.80. The number of alkyl halides is 3. The predicted molar refractivity (Wildman–Crippen MR) is 94.5 cm³/mol. The highest BCUT2D eigenvalue weighted by atomic mass is 19.4. The summed E-state index contributed by atoms with van der Waals surface area (Å²) in [5, 5.41) is 0. The van der Waals surface area contributed by atoms with Crippen LogP contribution in [0.1, 0.15) is 22.6 Å². The van der Waals surface area contributed by atoms with Crippen molar-refractivity contribution in [3.05, 3.63) is 77.5 Å². The Labute approximate surface area is 154 Å². The van der Waals surface area contributed by atoms with Gasteiger partial charge >= 0.3 is 6.18 Å². The lowest BCUT2D eigenvalue weighted by molar-refractivity contribution is -0.145. The number of aromatic nitrogens is 3. The molecule has 4 nitrogen and oxygen atoms in total. The minimum atomic E-state index is -4.50. The minimum absolute atomic E-state index is 0.483. The van der Waals surface area contributed by atoms with E-state index < -0.39 is 12.0 Å². The highest BCUT2D eigenvalue weighted by Gasteiger charge is 2.35. The van der Waals surface area contributed by atoms with E-state index in [9.17, 15) is 13.2 Å². The molecule has 1 aliphatic heterocycles. The van der Waals surface area contributed by atoms with Crippen LogP contribution in [-0.2, 0) is 25.7 Å². The Morgan fingerprint density at radius 2 is 1.78 bits per heavy atom. The number of pyridine rings is 1. The number of rotatable bonds is 3. The molecule has 0 spiro atoms. The van der Waals surface area contributed by atoms with Gasteiger partial charge in [-0.1, -0.05) is 36.4 Å². The van der Waals surface area contributed by atoms with E-state index >= 15 is 0 Å². The summed E-state index contributed by atoms with van der Waals surface area (Å²) in [4.78, 5) is 13.9. The van der Waals surface area contributed by atoms with Gasteiger partial charge in [0.15, 0.2) is 0 Å². The third kappa shape index (κ3) is 3.98. The lowest BCUT2D eigenvalue weighted by Gasteiger charge is -2.28. The Balaban J connectivity index is 1.44. The van der Waals surface area contributed by atoms with Gasteiger partial charge in [-0.3, -0.25) is 9.88 Å². The molecule has 0 bridgehead atoms. The van der Waals surface area contributed by atoms with Gasteiger partial charge in [0.1, 0.15) is 0 Å². The summed E-state index contributed by atoms with van der Waals surface area (Å²) >= 11 is 0. The van der Waals surface area contributed by atoms with Crippen molar-refractivity contribution >= 4 is 0 Å². The quantitative estimate of drug-likeness (QED) is 0.696. The minimum Gasteiger partial charge on any atom is -0.294 e. The van der Waals surface area contributed by atoms with Gasteiger partial charge in [0.05, 0.1) is 11.4 Å². The largest absolute Gasteiger partial charge is 0.451 e. The second-order valence-electron chi connectivity index (χ2n) is 6.54. The van der Waals surface area contributed by atoms with E-state index in [1.165, 1.54) is 6.20 Å². The summed E-state index contributed by atoms with van der Waals surface area (Å²) in [6.07, 6.45) is -0.871. The van der Waals surface area contributed by atoms with Gasteiger partial charge in [0.2, 0.25) is 5.82 Å². The normalized spacial score (nSPS) is 14.8. The fraction of sp³-hybridized carbons (Fsp3) is 0.250. The lowest BCUT2D eigenvalue weighted by Crippen LogP contribution is -2.31. The molecular weight excluding hydrogens is 353 g/mol. The molecule has 0 fully saturated rings. The Bertz CT molecular complexity index is 924. The highest BCUT2D eigenvalue weighted by Crippen LogP contribution is 2.28. The third-order valence-electron chi connectivity index (χ3n) is 4.57. The summed E-state index contributed by atoms with van der Waals surface area (Å²) in [5.41, 5.74) is 4.28. The van der Waals surface area contributed by atoms with Crippen LogP contribution >= 0.6 is 0 Å². The number of fused-ring (bicyclic) bond motifs is 1. The molecule has 1 aromatic carbocycles. The van der Waals surface area contributed by atoms with Crippen LogP contribution in [0, 0.1) is 0 Å². The summed E-state index contributed by atoms with van der Waals surface area (Å²) in [6, 6.07) is 14.0. The zero-order valence-corrected chi connectivity index (χ0v) is 14.4. The molecule has 0 saturated carbocycles. The molecule has 1 aliphatic rings. The molecule has 2 aromatic heterocycles. The van der Waals surface area contributed by atoms with Crippen molar-refractivity contribution in [1.82, 2.24) is 19.9 Å². The van der Waals surface area contributed by atoms with Crippen LogP contribution in [0.5, 0.6) is 0 Å². The first kappa shape index (κ1) is 17.6. The summed E-state index contributed by atoms with van der Waals surface area (Å²) in [6.45, 7) is 1.87. The van der Waals surface area contributed by atoms with Crippen molar-refractivity contribution in [2.45, 2.75) is 25.7 Å². The van der Waals surface area contributed by atoms with E-state index in [4.69, 9.17) is 0 Å². The third-order valence-corrected chi connectivity index (χ3v) is 4.57. The monoisotopic (exact) mass is 370 g/mol. The highest BCUT2D eigenvalue weighted by molar-refractivity contribution is 5.58. The maximum atomic E-state index is 12.7. The van der Waals surface area contributed by atoms with Crippen LogP contribution in [0.15, 0.2) is 54.9 Å². The zero-order valence-electron chi connectivity index (χ0n) is 14.4. The maximum Gasteiger partial charge on any atom is 0.451 e. The second kappa shape index (κ2) is 7.08. The average Bonchev–Trinajstić information content (AvgIpc) is 2.68. The van der Waals surface area contributed by atoms with E-state index in [1.54, 1.807) is 0 Å². The number of hydrogen-bond donors (Lipinski definition) is 0. The van der Waals surface area contributed by atoms with E-state index in [0.29, 0.717) is 31.7 Å². The molecule has 3 heterocycles. The topological polar surface area (TPSA) is 41.9 Å². The van der Waals surface area contributed by atoms with Crippen molar-refractivity contribution in [3.63, 3.8) is 0 Å². The summed E-state index contributed by atoms with van der Waals surface area (Å²) in [5.74, 6) is -1.06. The molecule has 7 heteroatoms. The zero-order chi connectivity index (χ0) is 18.9. The van der Waals surface area contributed by atoms with E-state index in [0.717, 1.165) is 22.4 Å². The van der Waals surface area contributed by atoms with Gasteiger partial charge in [-0.05, 0) is 11.6 Å². The Morgan fingerprint density at radius 3 is 2.48 bits per heavy atom. The van der Waals surface area contributed by atoms with Gasteiger partial charge in [-0.25, -0.2) is 9.97 Å². The smallest absolute Gasteiger partial charge is 0.294 e. The molecule has 138 valence electrons. The van der Waals surface area contributed by atoms with Gasteiger partial charge in [-0.15, -0.1) is 0 Å². The first-order chi connectivity index (χ1) is 13.0. The molecular formula is C20H17F3N4. The molecule has 3 aromatic rings. The number of nitrogens with zero attached hydrogens (tertiary/aromatic N) is 4. The van der Waals surface area contributed by atoms with Crippen LogP contribution in [0.4, 0.5) is 13.2 Å². The lowest BCUT2D eigenvalue weighted by atomic mass is 10.1. The summed E-state index contributed by atoms with van der Waals surface area (Å²) < 4.78 is 38.2. The average molecular weight is 370 g/mol. The fourth-order valence-electron chi connectivity index (χ4n) is 3.20. The second-order valence-corrected chi connectivity index (χ2v) is 6.54. The standard InChI is InChI=1S/C20H17F3N4/c21-20(22,23)19-25-11-16-13-27(9-8-18(16)26-19)12-14-6-7-17(24-10-14)15-4-2-1-3-5-15/h1-7,10-11H,8-9,12-13H2. The number of benzene rings is 1. The fourth-order valence-corrected chi connectivity index (χ4v) is 3.20.